The standard InChI is InChI=1S/C54H54N4O8S/c1-39(55-53(61)65-37-43-25-13-5-14-26-43)51(59)57-47(33-41-21-9-3-10-22-41)35-49(45-29-17-7-18-30-45)67(63,64)50(46-31-19-8-20-32-46)36-48(34-42-23-11-4-12-24-42)58-52(60)40(2)56-54(62)66-38-44-27-15-6-16-28-44/h3-32,35-36,39-40,49-50H,33-34,37-38H2,1-2H3,(H,55,61)(H,56,62)(H,57,59)(H,58,60)/t39-,40-,49?,50?/m0/s1. The van der Waals surface area contributed by atoms with Gasteiger partial charge in [0.15, 0.2) is 9.84 Å². The fraction of sp³-hybridized carbons (Fsp3) is 0.185. The van der Waals surface area contributed by atoms with Crippen LogP contribution in [0.15, 0.2) is 206 Å². The molecule has 4 amide bonds. The summed E-state index contributed by atoms with van der Waals surface area (Å²) in [4.78, 5) is 53.3. The Labute approximate surface area is 392 Å². The van der Waals surface area contributed by atoms with Gasteiger partial charge in [0.2, 0.25) is 11.8 Å². The lowest BCUT2D eigenvalue weighted by molar-refractivity contribution is -0.122. The highest BCUT2D eigenvalue weighted by Crippen LogP contribution is 2.38. The van der Waals surface area contributed by atoms with E-state index >= 15 is 8.42 Å². The molecule has 0 bridgehead atoms. The van der Waals surface area contributed by atoms with Gasteiger partial charge in [-0.3, -0.25) is 9.59 Å². The molecule has 0 aliphatic rings. The summed E-state index contributed by atoms with van der Waals surface area (Å²) in [6.07, 6.45) is 1.74. The predicted molar refractivity (Wildman–Crippen MR) is 258 cm³/mol. The summed E-state index contributed by atoms with van der Waals surface area (Å²) in [6.45, 7) is 3.02. The van der Waals surface area contributed by atoms with E-state index < -0.39 is 56.4 Å². The van der Waals surface area contributed by atoms with E-state index in [0.29, 0.717) is 11.1 Å². The van der Waals surface area contributed by atoms with Gasteiger partial charge in [-0.25, -0.2) is 18.0 Å². The van der Waals surface area contributed by atoms with E-state index in [1.807, 2.05) is 121 Å². The van der Waals surface area contributed by atoms with Gasteiger partial charge in [-0.05, 0) is 59.4 Å². The number of ether oxygens (including phenoxy) is 2. The van der Waals surface area contributed by atoms with Crippen molar-refractivity contribution >= 4 is 33.8 Å². The number of nitrogens with one attached hydrogen (secondary N) is 4. The van der Waals surface area contributed by atoms with E-state index in [1.54, 1.807) is 60.7 Å². The third-order valence-electron chi connectivity index (χ3n) is 10.6. The quantitative estimate of drug-likeness (QED) is 0.0589. The number of rotatable bonds is 20. The fourth-order valence-electron chi connectivity index (χ4n) is 7.04. The van der Waals surface area contributed by atoms with Crippen LogP contribution in [0.2, 0.25) is 0 Å². The minimum absolute atomic E-state index is 0.00426. The van der Waals surface area contributed by atoms with Crippen molar-refractivity contribution in [2.75, 3.05) is 0 Å². The minimum Gasteiger partial charge on any atom is -0.445 e. The zero-order chi connectivity index (χ0) is 47.4. The maximum Gasteiger partial charge on any atom is 0.408 e. The lowest BCUT2D eigenvalue weighted by atomic mass is 10.1. The molecule has 13 heteroatoms. The second-order valence-corrected chi connectivity index (χ2v) is 18.0. The molecule has 0 radical (unpaired) electrons. The van der Waals surface area contributed by atoms with Gasteiger partial charge in [-0.2, -0.15) is 0 Å². The topological polar surface area (TPSA) is 169 Å². The predicted octanol–water partition coefficient (Wildman–Crippen LogP) is 9.00. The molecule has 12 nitrogen and oxygen atoms in total. The smallest absolute Gasteiger partial charge is 0.408 e. The van der Waals surface area contributed by atoms with Crippen molar-refractivity contribution in [3.8, 4) is 0 Å². The molecule has 344 valence electrons. The Morgan fingerprint density at radius 2 is 0.731 bits per heavy atom. The number of alkyl carbamates (subject to hydrolysis) is 2. The number of carbonyl (C=O) groups excluding carboxylic acids is 4. The van der Waals surface area contributed by atoms with Crippen LogP contribution in [0.4, 0.5) is 9.59 Å². The van der Waals surface area contributed by atoms with Crippen molar-refractivity contribution < 1.29 is 37.1 Å². The third-order valence-corrected chi connectivity index (χ3v) is 12.8. The Bertz CT molecular complexity index is 2520. The Kier molecular flexibility index (Phi) is 17.8. The zero-order valence-corrected chi connectivity index (χ0v) is 38.1. The average molecular weight is 919 g/mol. The van der Waals surface area contributed by atoms with Crippen molar-refractivity contribution in [1.82, 2.24) is 21.3 Å². The highest BCUT2D eigenvalue weighted by atomic mass is 32.2. The zero-order valence-electron chi connectivity index (χ0n) is 37.3. The van der Waals surface area contributed by atoms with Crippen LogP contribution in [0.3, 0.4) is 0 Å². The average Bonchev–Trinajstić information content (AvgIpc) is 3.35. The molecule has 0 fully saturated rings. The monoisotopic (exact) mass is 918 g/mol. The van der Waals surface area contributed by atoms with Gasteiger partial charge in [0.25, 0.3) is 0 Å². The number of sulfone groups is 1. The molecular formula is C54H54N4O8S. The first-order chi connectivity index (χ1) is 32.4. The first-order valence-electron chi connectivity index (χ1n) is 21.8. The molecule has 2 unspecified atom stereocenters. The third kappa shape index (κ3) is 15.2. The van der Waals surface area contributed by atoms with Crippen LogP contribution in [0.25, 0.3) is 0 Å². The molecular weight excluding hydrogens is 865 g/mol. The van der Waals surface area contributed by atoms with Gasteiger partial charge in [0.1, 0.15) is 35.8 Å². The van der Waals surface area contributed by atoms with Gasteiger partial charge in [-0.15, -0.1) is 0 Å². The number of amides is 4. The highest BCUT2D eigenvalue weighted by Gasteiger charge is 2.35. The molecule has 0 aliphatic heterocycles. The van der Waals surface area contributed by atoms with Crippen LogP contribution in [-0.4, -0.2) is 44.5 Å². The molecule has 67 heavy (non-hydrogen) atoms. The lowest BCUT2D eigenvalue weighted by Crippen LogP contribution is -2.45. The minimum atomic E-state index is -4.40. The van der Waals surface area contributed by atoms with Crippen LogP contribution in [0.1, 0.15) is 57.7 Å². The van der Waals surface area contributed by atoms with Gasteiger partial charge >= 0.3 is 12.2 Å². The van der Waals surface area contributed by atoms with Crippen molar-refractivity contribution in [3.05, 3.63) is 239 Å². The molecule has 4 N–H and O–H groups in total. The maximum atomic E-state index is 15.7. The molecule has 4 atom stereocenters. The van der Waals surface area contributed by atoms with Crippen LogP contribution < -0.4 is 21.3 Å². The molecule has 0 saturated carbocycles. The van der Waals surface area contributed by atoms with E-state index in [0.717, 1.165) is 22.3 Å². The Morgan fingerprint density at radius 1 is 0.448 bits per heavy atom. The van der Waals surface area contributed by atoms with E-state index in [9.17, 15) is 19.2 Å². The van der Waals surface area contributed by atoms with E-state index in [4.69, 9.17) is 9.47 Å². The molecule has 0 saturated heterocycles. The molecule has 0 spiro atoms. The van der Waals surface area contributed by atoms with Crippen molar-refractivity contribution in [1.29, 1.82) is 0 Å². The summed E-state index contributed by atoms with van der Waals surface area (Å²) in [5.74, 6) is -1.19. The highest BCUT2D eigenvalue weighted by molar-refractivity contribution is 7.92. The summed E-state index contributed by atoms with van der Waals surface area (Å²) >= 11 is 0. The Balaban J connectivity index is 1.34. The van der Waals surface area contributed by atoms with Crippen LogP contribution in [-0.2, 0) is 55.0 Å². The van der Waals surface area contributed by atoms with E-state index in [1.165, 1.54) is 26.0 Å². The van der Waals surface area contributed by atoms with E-state index in [-0.39, 0.29) is 37.4 Å². The molecule has 0 heterocycles. The normalized spacial score (nSPS) is 13.5. The number of hydrogen-bond acceptors (Lipinski definition) is 8. The second kappa shape index (κ2) is 24.5. The summed E-state index contributed by atoms with van der Waals surface area (Å²) < 4.78 is 42.0. The Morgan fingerprint density at radius 3 is 1.04 bits per heavy atom. The van der Waals surface area contributed by atoms with Crippen LogP contribution in [0, 0.1) is 0 Å². The van der Waals surface area contributed by atoms with E-state index in [2.05, 4.69) is 21.3 Å². The SMILES string of the molecule is C[C@H](NC(=O)OCc1ccccc1)C(=O)NC(=CC(c1ccccc1)S(=O)(=O)C(C=C(Cc1ccccc1)NC(=O)[C@H](C)NC(=O)OCc1ccccc1)c1ccccc1)Cc1ccccc1. The lowest BCUT2D eigenvalue weighted by Gasteiger charge is -2.25. The Hall–Kier alpha value is -7.77. The molecule has 0 aliphatic carbocycles. The first-order valence-corrected chi connectivity index (χ1v) is 23.4. The molecule has 6 aromatic carbocycles. The van der Waals surface area contributed by atoms with Crippen LogP contribution >= 0.6 is 0 Å². The van der Waals surface area contributed by atoms with Crippen molar-refractivity contribution in [2.45, 2.75) is 62.5 Å². The number of hydrogen-bond donors (Lipinski definition) is 4. The van der Waals surface area contributed by atoms with Gasteiger partial charge in [0.05, 0.1) is 0 Å². The summed E-state index contributed by atoms with van der Waals surface area (Å²) in [7, 11) is -4.40. The second-order valence-electron chi connectivity index (χ2n) is 15.8. The van der Waals surface area contributed by atoms with Crippen molar-refractivity contribution in [2.24, 2.45) is 0 Å². The number of allylic oxidation sites excluding steroid dienone is 2. The first kappa shape index (κ1) is 48.7. The summed E-state index contributed by atoms with van der Waals surface area (Å²) in [5.41, 5.74) is 4.52. The van der Waals surface area contributed by atoms with Gasteiger partial charge in [-0.1, -0.05) is 182 Å². The van der Waals surface area contributed by atoms with Crippen LogP contribution in [0.5, 0.6) is 0 Å². The summed E-state index contributed by atoms with van der Waals surface area (Å²) in [5, 5.41) is 8.27. The van der Waals surface area contributed by atoms with Gasteiger partial charge < -0.3 is 30.7 Å². The van der Waals surface area contributed by atoms with Gasteiger partial charge in [0, 0.05) is 24.2 Å². The number of carbonyl (C=O) groups is 4. The molecule has 6 rings (SSSR count). The largest absolute Gasteiger partial charge is 0.445 e. The van der Waals surface area contributed by atoms with Crippen molar-refractivity contribution in [3.63, 3.8) is 0 Å². The molecule has 6 aromatic rings. The summed E-state index contributed by atoms with van der Waals surface area (Å²) in [6, 6.07) is 52.0. The number of benzene rings is 6. The molecule has 0 aromatic heterocycles. The maximum absolute atomic E-state index is 15.7. The fourth-order valence-corrected chi connectivity index (χ4v) is 9.14.